The number of benzene rings is 1. The van der Waals surface area contributed by atoms with E-state index in [4.69, 9.17) is 9.26 Å². The molecule has 0 aliphatic heterocycles. The summed E-state index contributed by atoms with van der Waals surface area (Å²) in [7, 11) is 1.60. The second kappa shape index (κ2) is 3.96. The van der Waals surface area contributed by atoms with Gasteiger partial charge in [-0.05, 0) is 12.1 Å². The van der Waals surface area contributed by atoms with Crippen molar-refractivity contribution in [3.05, 3.63) is 36.1 Å². The second-order valence-electron chi connectivity index (χ2n) is 2.96. The fourth-order valence-electron chi connectivity index (χ4n) is 1.26. The number of carbonyl (C=O) groups is 1. The van der Waals surface area contributed by atoms with Gasteiger partial charge in [0.05, 0.1) is 7.11 Å². The molecule has 0 radical (unpaired) electrons. The number of methoxy groups -OCH3 is 1. The van der Waals surface area contributed by atoms with E-state index in [2.05, 4.69) is 5.16 Å². The van der Waals surface area contributed by atoms with Crippen molar-refractivity contribution in [3.63, 3.8) is 0 Å². The summed E-state index contributed by atoms with van der Waals surface area (Å²) in [5.41, 5.74) is 1.47. The van der Waals surface area contributed by atoms with Crippen LogP contribution in [0.2, 0.25) is 0 Å². The molecule has 4 heteroatoms. The molecular formula is C11H9NO3. The maximum Gasteiger partial charge on any atom is 0.199 e. The average Bonchev–Trinajstić information content (AvgIpc) is 2.78. The van der Waals surface area contributed by atoms with Crippen molar-refractivity contribution in [2.24, 2.45) is 0 Å². The maximum absolute atomic E-state index is 10.4. The quantitative estimate of drug-likeness (QED) is 0.717. The van der Waals surface area contributed by atoms with E-state index in [0.29, 0.717) is 12.0 Å². The molecule has 0 bridgehead atoms. The summed E-state index contributed by atoms with van der Waals surface area (Å²) >= 11 is 0. The highest BCUT2D eigenvalue weighted by Gasteiger charge is 2.06. The SMILES string of the molecule is COc1cccc(-c2cc(C=O)on2)c1. The van der Waals surface area contributed by atoms with Crippen LogP contribution in [-0.4, -0.2) is 18.6 Å². The Morgan fingerprint density at radius 1 is 1.40 bits per heavy atom. The van der Waals surface area contributed by atoms with Crippen LogP contribution in [0, 0.1) is 0 Å². The fraction of sp³-hybridized carbons (Fsp3) is 0.0909. The molecule has 0 saturated carbocycles. The Morgan fingerprint density at radius 3 is 2.93 bits per heavy atom. The van der Waals surface area contributed by atoms with Crippen LogP contribution in [0.4, 0.5) is 0 Å². The lowest BCUT2D eigenvalue weighted by Crippen LogP contribution is -1.83. The van der Waals surface area contributed by atoms with Crippen LogP contribution in [0.25, 0.3) is 11.3 Å². The first kappa shape index (κ1) is 9.45. The van der Waals surface area contributed by atoms with Crippen molar-refractivity contribution in [3.8, 4) is 17.0 Å². The van der Waals surface area contributed by atoms with Crippen molar-refractivity contribution in [1.29, 1.82) is 0 Å². The molecule has 0 spiro atoms. The summed E-state index contributed by atoms with van der Waals surface area (Å²) in [5, 5.41) is 3.77. The van der Waals surface area contributed by atoms with Crippen LogP contribution in [-0.2, 0) is 0 Å². The molecular weight excluding hydrogens is 194 g/mol. The summed E-state index contributed by atoms with van der Waals surface area (Å²) in [6, 6.07) is 8.97. The lowest BCUT2D eigenvalue weighted by atomic mass is 10.1. The lowest BCUT2D eigenvalue weighted by molar-refractivity contribution is 0.109. The molecule has 0 unspecified atom stereocenters. The molecule has 0 aliphatic rings. The Balaban J connectivity index is 2.39. The molecule has 0 N–H and O–H groups in total. The van der Waals surface area contributed by atoms with Gasteiger partial charge in [0, 0.05) is 11.6 Å². The zero-order chi connectivity index (χ0) is 10.7. The molecule has 15 heavy (non-hydrogen) atoms. The molecule has 4 nitrogen and oxygen atoms in total. The molecule has 2 rings (SSSR count). The van der Waals surface area contributed by atoms with Crippen LogP contribution in [0.5, 0.6) is 5.75 Å². The second-order valence-corrected chi connectivity index (χ2v) is 2.96. The van der Waals surface area contributed by atoms with E-state index < -0.39 is 0 Å². The van der Waals surface area contributed by atoms with Gasteiger partial charge < -0.3 is 9.26 Å². The molecule has 0 amide bonds. The predicted molar refractivity (Wildman–Crippen MR) is 53.9 cm³/mol. The molecule has 76 valence electrons. The molecule has 0 fully saturated rings. The predicted octanol–water partition coefficient (Wildman–Crippen LogP) is 2.16. The van der Waals surface area contributed by atoms with E-state index >= 15 is 0 Å². The first-order chi connectivity index (χ1) is 7.33. The van der Waals surface area contributed by atoms with Gasteiger partial charge in [-0.15, -0.1) is 0 Å². The number of hydrogen-bond donors (Lipinski definition) is 0. The minimum absolute atomic E-state index is 0.216. The Bertz CT molecular complexity index is 476. The number of hydrogen-bond acceptors (Lipinski definition) is 4. The number of nitrogens with zero attached hydrogens (tertiary/aromatic N) is 1. The highest BCUT2D eigenvalue weighted by atomic mass is 16.5. The van der Waals surface area contributed by atoms with E-state index in [1.54, 1.807) is 13.2 Å². The van der Waals surface area contributed by atoms with E-state index in [0.717, 1.165) is 11.3 Å². The van der Waals surface area contributed by atoms with Crippen LogP contribution in [0.3, 0.4) is 0 Å². The van der Waals surface area contributed by atoms with E-state index in [1.807, 2.05) is 24.3 Å². The third-order valence-electron chi connectivity index (χ3n) is 2.01. The summed E-state index contributed by atoms with van der Waals surface area (Å²) in [6.45, 7) is 0. The Morgan fingerprint density at radius 2 is 2.27 bits per heavy atom. The van der Waals surface area contributed by atoms with Crippen molar-refractivity contribution in [2.75, 3.05) is 7.11 Å². The van der Waals surface area contributed by atoms with Gasteiger partial charge in [0.1, 0.15) is 11.4 Å². The van der Waals surface area contributed by atoms with Crippen molar-refractivity contribution < 1.29 is 14.1 Å². The van der Waals surface area contributed by atoms with Gasteiger partial charge >= 0.3 is 0 Å². The van der Waals surface area contributed by atoms with Crippen molar-refractivity contribution in [2.45, 2.75) is 0 Å². The van der Waals surface area contributed by atoms with Gasteiger partial charge in [0.2, 0.25) is 0 Å². The highest BCUT2D eigenvalue weighted by Crippen LogP contribution is 2.22. The topological polar surface area (TPSA) is 52.3 Å². The summed E-state index contributed by atoms with van der Waals surface area (Å²) in [6.07, 6.45) is 0.622. The Hall–Kier alpha value is -2.10. The third-order valence-corrected chi connectivity index (χ3v) is 2.01. The van der Waals surface area contributed by atoms with Gasteiger partial charge in [-0.3, -0.25) is 4.79 Å². The molecule has 1 aromatic heterocycles. The monoisotopic (exact) mass is 203 g/mol. The standard InChI is InChI=1S/C11H9NO3/c1-14-9-4-2-3-8(5-9)11-6-10(7-13)15-12-11/h2-7H,1H3. The van der Waals surface area contributed by atoms with Crippen LogP contribution < -0.4 is 4.74 Å². The Kier molecular flexibility index (Phi) is 2.49. The zero-order valence-corrected chi connectivity index (χ0v) is 8.14. The van der Waals surface area contributed by atoms with Crippen LogP contribution in [0.1, 0.15) is 10.6 Å². The molecule has 0 aliphatic carbocycles. The van der Waals surface area contributed by atoms with Crippen molar-refractivity contribution in [1.82, 2.24) is 5.16 Å². The average molecular weight is 203 g/mol. The maximum atomic E-state index is 10.4. The fourth-order valence-corrected chi connectivity index (χ4v) is 1.26. The minimum Gasteiger partial charge on any atom is -0.497 e. The molecule has 2 aromatic rings. The van der Waals surface area contributed by atoms with Crippen LogP contribution >= 0.6 is 0 Å². The van der Waals surface area contributed by atoms with E-state index in [9.17, 15) is 4.79 Å². The molecule has 0 atom stereocenters. The largest absolute Gasteiger partial charge is 0.497 e. The number of rotatable bonds is 3. The first-order valence-electron chi connectivity index (χ1n) is 4.40. The highest BCUT2D eigenvalue weighted by molar-refractivity contribution is 5.74. The lowest BCUT2D eigenvalue weighted by Gasteiger charge is -2.00. The number of aromatic nitrogens is 1. The normalized spacial score (nSPS) is 9.93. The smallest absolute Gasteiger partial charge is 0.199 e. The van der Waals surface area contributed by atoms with E-state index in [1.165, 1.54) is 0 Å². The first-order valence-corrected chi connectivity index (χ1v) is 4.40. The number of carbonyl (C=O) groups excluding carboxylic acids is 1. The minimum atomic E-state index is 0.216. The Labute approximate surface area is 86.5 Å². The summed E-state index contributed by atoms with van der Waals surface area (Å²) in [5.74, 6) is 0.955. The summed E-state index contributed by atoms with van der Waals surface area (Å²) < 4.78 is 9.86. The van der Waals surface area contributed by atoms with Gasteiger partial charge in [-0.2, -0.15) is 0 Å². The van der Waals surface area contributed by atoms with Crippen LogP contribution in [0.15, 0.2) is 34.9 Å². The number of aldehydes is 1. The molecule has 1 aromatic carbocycles. The zero-order valence-electron chi connectivity index (χ0n) is 8.14. The number of ether oxygens (including phenoxy) is 1. The molecule has 1 heterocycles. The molecule has 0 saturated heterocycles. The van der Waals surface area contributed by atoms with Gasteiger partial charge in [0.15, 0.2) is 12.0 Å². The van der Waals surface area contributed by atoms with Crippen molar-refractivity contribution >= 4 is 6.29 Å². The summed E-state index contributed by atoms with van der Waals surface area (Å²) in [4.78, 5) is 10.4. The van der Waals surface area contributed by atoms with Gasteiger partial charge in [0.25, 0.3) is 0 Å². The van der Waals surface area contributed by atoms with E-state index in [-0.39, 0.29) is 5.76 Å². The van der Waals surface area contributed by atoms with Gasteiger partial charge in [-0.1, -0.05) is 17.3 Å². The third kappa shape index (κ3) is 1.88. The van der Waals surface area contributed by atoms with Gasteiger partial charge in [-0.25, -0.2) is 0 Å².